The van der Waals surface area contributed by atoms with Crippen molar-refractivity contribution < 1.29 is 53.0 Å². The van der Waals surface area contributed by atoms with Crippen molar-refractivity contribution in [1.82, 2.24) is 0 Å². The number of hydrogen-bond donors (Lipinski definition) is 0. The van der Waals surface area contributed by atoms with E-state index in [2.05, 4.69) is 4.74 Å². The molecule has 1 fully saturated rings. The van der Waals surface area contributed by atoms with Crippen LogP contribution in [0, 0.1) is 29.2 Å². The minimum atomic E-state index is -5.38. The summed E-state index contributed by atoms with van der Waals surface area (Å²) in [4.78, 5) is 0. The summed E-state index contributed by atoms with van der Waals surface area (Å²) in [5.74, 6) is -11.7. The van der Waals surface area contributed by atoms with Crippen LogP contribution in [0.5, 0.6) is 5.75 Å². The number of allylic oxidation sites excluding steroid dienone is 3. The Kier molecular flexibility index (Phi) is 10.3. The zero-order valence-corrected chi connectivity index (χ0v) is 23.7. The molecule has 0 N–H and O–H groups in total. The molecule has 0 aromatic heterocycles. The molecule has 4 rings (SSSR count). The largest absolute Gasteiger partial charge is 0.432 e. The van der Waals surface area contributed by atoms with Gasteiger partial charge in [0.1, 0.15) is 34.6 Å². The van der Waals surface area contributed by atoms with Crippen molar-refractivity contribution in [2.75, 3.05) is 0 Å². The highest BCUT2D eigenvalue weighted by molar-refractivity contribution is 5.69. The van der Waals surface area contributed by atoms with Crippen LogP contribution in [0.3, 0.4) is 0 Å². The molecule has 45 heavy (non-hydrogen) atoms. The minimum Gasteiger partial charge on any atom is -0.432 e. The maximum Gasteiger partial charge on any atom is 0.422 e. The van der Waals surface area contributed by atoms with Crippen molar-refractivity contribution in [3.63, 3.8) is 0 Å². The third kappa shape index (κ3) is 7.88. The van der Waals surface area contributed by atoms with E-state index >= 15 is 8.78 Å². The van der Waals surface area contributed by atoms with E-state index in [1.807, 2.05) is 6.92 Å². The quantitative estimate of drug-likeness (QED) is 0.166. The third-order valence-corrected chi connectivity index (χ3v) is 7.64. The lowest BCUT2D eigenvalue weighted by Crippen LogP contribution is -2.37. The molecule has 1 nitrogen and oxygen atoms in total. The molecular weight excluding hydrogens is 621 g/mol. The van der Waals surface area contributed by atoms with Crippen molar-refractivity contribution in [1.29, 1.82) is 0 Å². The van der Waals surface area contributed by atoms with Crippen molar-refractivity contribution >= 4 is 5.83 Å². The van der Waals surface area contributed by atoms with Crippen LogP contribution in [0.1, 0.15) is 68.1 Å². The van der Waals surface area contributed by atoms with Gasteiger partial charge < -0.3 is 4.74 Å². The average molecular weight is 649 g/mol. The van der Waals surface area contributed by atoms with Gasteiger partial charge in [0.05, 0.1) is 5.92 Å². The normalized spacial score (nSPS) is 18.3. The van der Waals surface area contributed by atoms with Crippen LogP contribution in [0.4, 0.5) is 48.3 Å². The van der Waals surface area contributed by atoms with Gasteiger partial charge in [-0.15, -0.1) is 0 Å². The zero-order valence-electron chi connectivity index (χ0n) is 23.7. The summed E-state index contributed by atoms with van der Waals surface area (Å²) >= 11 is 0. The summed E-state index contributed by atoms with van der Waals surface area (Å²) < 4.78 is 159. The minimum absolute atomic E-state index is 0.0166. The summed E-state index contributed by atoms with van der Waals surface area (Å²) in [5, 5.41) is 0. The molecule has 0 bridgehead atoms. The first-order valence-corrected chi connectivity index (χ1v) is 14.1. The van der Waals surface area contributed by atoms with Gasteiger partial charge in [0.2, 0.25) is 0 Å². The van der Waals surface area contributed by atoms with Gasteiger partial charge in [-0.05, 0) is 67.4 Å². The van der Waals surface area contributed by atoms with Gasteiger partial charge in [-0.2, -0.15) is 22.0 Å². The highest BCUT2D eigenvalue weighted by Crippen LogP contribution is 2.45. The molecule has 0 heterocycles. The van der Waals surface area contributed by atoms with Gasteiger partial charge in [-0.1, -0.05) is 43.7 Å². The summed E-state index contributed by atoms with van der Waals surface area (Å²) in [7, 11) is 0. The Bertz CT molecular complexity index is 1520. The van der Waals surface area contributed by atoms with Crippen LogP contribution >= 0.6 is 0 Å². The predicted molar refractivity (Wildman–Crippen MR) is 147 cm³/mol. The van der Waals surface area contributed by atoms with Gasteiger partial charge in [0, 0.05) is 23.3 Å². The maximum atomic E-state index is 15.2. The van der Waals surface area contributed by atoms with Gasteiger partial charge in [0.15, 0.2) is 11.7 Å². The van der Waals surface area contributed by atoms with E-state index < -0.39 is 70.4 Å². The lowest BCUT2D eigenvalue weighted by Gasteiger charge is -2.33. The topological polar surface area (TPSA) is 9.23 Å². The molecule has 12 heteroatoms. The second kappa shape index (κ2) is 13.7. The van der Waals surface area contributed by atoms with Crippen LogP contribution in [0.2, 0.25) is 0 Å². The molecule has 0 aliphatic heterocycles. The zero-order chi connectivity index (χ0) is 33.1. The molecule has 1 saturated carbocycles. The lowest BCUT2D eigenvalue weighted by molar-refractivity contribution is -0.222. The first-order valence-electron chi connectivity index (χ1n) is 14.1. The van der Waals surface area contributed by atoms with Crippen molar-refractivity contribution in [2.24, 2.45) is 5.92 Å². The molecule has 0 amide bonds. The van der Waals surface area contributed by atoms with Gasteiger partial charge in [-0.3, -0.25) is 0 Å². The second-order valence-electron chi connectivity index (χ2n) is 10.8. The molecule has 3 aromatic carbocycles. The number of hydrogen-bond acceptors (Lipinski definition) is 1. The maximum absolute atomic E-state index is 15.2. The third-order valence-electron chi connectivity index (χ3n) is 7.64. The van der Waals surface area contributed by atoms with E-state index in [0.717, 1.165) is 24.6 Å². The first-order chi connectivity index (χ1) is 21.1. The summed E-state index contributed by atoms with van der Waals surface area (Å²) in [6.07, 6.45) is -6.40. The molecule has 0 radical (unpaired) electrons. The molecule has 0 unspecified atom stereocenters. The van der Waals surface area contributed by atoms with Crippen molar-refractivity contribution in [2.45, 2.75) is 63.7 Å². The van der Waals surface area contributed by atoms with E-state index in [9.17, 15) is 39.5 Å². The van der Waals surface area contributed by atoms with E-state index in [4.69, 9.17) is 0 Å². The SMILES string of the molecule is CCCC=CC(F)=C(F)c1ccc(-c2cc(F)c(C3CCC(C(F)(F)Oc4cc(F)c(C(F)(F)F)c(F)c4)CC3)c(F)c2)cc1. The standard InChI is InChI=1S/C33H27F11O/c1-2-3-4-5-24(34)31(39)20-8-6-18(7-9-20)21-14-25(35)29(26(36)15-21)19-10-12-22(13-11-19)33(43,44)45-23-16-27(37)30(28(38)17-23)32(40,41)42/h4-9,14-17,19,22H,2-3,10-13H2,1H3. The Morgan fingerprint density at radius 2 is 1.33 bits per heavy atom. The number of benzene rings is 3. The highest BCUT2D eigenvalue weighted by Gasteiger charge is 2.45. The van der Waals surface area contributed by atoms with E-state index in [1.54, 1.807) is 0 Å². The molecule has 1 aliphatic carbocycles. The second-order valence-corrected chi connectivity index (χ2v) is 10.8. The molecule has 0 spiro atoms. The number of unbranched alkanes of at least 4 members (excludes halogenated alkanes) is 1. The molecule has 1 aliphatic rings. The Morgan fingerprint density at radius 1 is 0.778 bits per heavy atom. The molecule has 0 saturated heterocycles. The summed E-state index contributed by atoms with van der Waals surface area (Å²) in [6, 6.07) is 7.39. The average Bonchev–Trinajstić information content (AvgIpc) is 2.95. The lowest BCUT2D eigenvalue weighted by atomic mass is 9.77. The number of halogens is 11. The smallest absolute Gasteiger partial charge is 0.422 e. The van der Waals surface area contributed by atoms with Crippen molar-refractivity contribution in [3.8, 4) is 16.9 Å². The fraction of sp³-hybridized carbons (Fsp3) is 0.333. The van der Waals surface area contributed by atoms with E-state index in [0.29, 0.717) is 12.0 Å². The number of alkyl halides is 5. The molecule has 3 aromatic rings. The molecule has 242 valence electrons. The van der Waals surface area contributed by atoms with Crippen LogP contribution in [-0.2, 0) is 6.18 Å². The first kappa shape index (κ1) is 34.1. The Hall–Kier alpha value is -3.83. The molecule has 0 atom stereocenters. The van der Waals surface area contributed by atoms with E-state index in [-0.39, 0.29) is 54.5 Å². The number of ether oxygens (including phenoxy) is 1. The summed E-state index contributed by atoms with van der Waals surface area (Å²) in [5.41, 5.74) is -2.20. The van der Waals surface area contributed by atoms with Crippen LogP contribution < -0.4 is 4.74 Å². The van der Waals surface area contributed by atoms with Crippen LogP contribution in [0.15, 0.2) is 66.5 Å². The van der Waals surface area contributed by atoms with Gasteiger partial charge in [-0.25, -0.2) is 26.3 Å². The van der Waals surface area contributed by atoms with Crippen LogP contribution in [0.25, 0.3) is 17.0 Å². The predicted octanol–water partition coefficient (Wildman–Crippen LogP) is 11.8. The van der Waals surface area contributed by atoms with E-state index in [1.165, 1.54) is 30.3 Å². The van der Waals surface area contributed by atoms with Gasteiger partial charge in [0.25, 0.3) is 0 Å². The molecular formula is C33H27F11O. The fourth-order valence-corrected chi connectivity index (χ4v) is 5.35. The van der Waals surface area contributed by atoms with Gasteiger partial charge >= 0.3 is 12.3 Å². The summed E-state index contributed by atoms with van der Waals surface area (Å²) in [6.45, 7) is 1.88. The number of rotatable bonds is 9. The monoisotopic (exact) mass is 648 g/mol. The highest BCUT2D eigenvalue weighted by atomic mass is 19.4. The van der Waals surface area contributed by atoms with Crippen LogP contribution in [-0.4, -0.2) is 6.11 Å². The van der Waals surface area contributed by atoms with Crippen molar-refractivity contribution in [3.05, 3.63) is 106 Å². The fourth-order valence-electron chi connectivity index (χ4n) is 5.35. The Labute approximate surface area is 252 Å². The Morgan fingerprint density at radius 3 is 1.84 bits per heavy atom. The Balaban J connectivity index is 1.44.